The van der Waals surface area contributed by atoms with Crippen LogP contribution in [0.25, 0.3) is 10.6 Å². The number of nitrogens with two attached hydrogens (primary N) is 1. The molecule has 0 bridgehead atoms. The van der Waals surface area contributed by atoms with Crippen LogP contribution in [0.1, 0.15) is 11.8 Å². The number of thiazole rings is 1. The monoisotopic (exact) mass is 264 g/mol. The summed E-state index contributed by atoms with van der Waals surface area (Å²) in [6.45, 7) is 2.63. The summed E-state index contributed by atoms with van der Waals surface area (Å²) in [5.41, 5.74) is 6.59. The lowest BCUT2D eigenvalue weighted by Crippen LogP contribution is -2.06. The van der Waals surface area contributed by atoms with Gasteiger partial charge in [-0.2, -0.15) is 0 Å². The topological polar surface area (TPSA) is 48.1 Å². The highest BCUT2D eigenvalue weighted by atomic mass is 32.1. The van der Waals surface area contributed by atoms with Crippen LogP contribution in [-0.2, 0) is 0 Å². The van der Waals surface area contributed by atoms with E-state index in [0.29, 0.717) is 11.6 Å². The second-order valence-electron chi connectivity index (χ2n) is 3.35. The molecule has 0 spiro atoms. The molecular formula is C12H12N2OS2. The Balaban J connectivity index is 2.23. The van der Waals surface area contributed by atoms with Gasteiger partial charge in [0, 0.05) is 11.8 Å². The molecule has 1 aromatic carbocycles. The SMILES string of the molecule is CCOc1ccc(-c2ncc(C(N)=S)s2)cc1. The fourth-order valence-corrected chi connectivity index (χ4v) is 2.33. The summed E-state index contributed by atoms with van der Waals surface area (Å²) in [6, 6.07) is 7.82. The van der Waals surface area contributed by atoms with Gasteiger partial charge in [-0.1, -0.05) is 12.2 Å². The number of hydrogen-bond donors (Lipinski definition) is 1. The van der Waals surface area contributed by atoms with Crippen molar-refractivity contribution in [1.29, 1.82) is 0 Å². The van der Waals surface area contributed by atoms with Gasteiger partial charge in [0.2, 0.25) is 0 Å². The molecule has 0 aliphatic rings. The molecule has 17 heavy (non-hydrogen) atoms. The molecule has 2 rings (SSSR count). The van der Waals surface area contributed by atoms with E-state index >= 15 is 0 Å². The fraction of sp³-hybridized carbons (Fsp3) is 0.167. The second-order valence-corrected chi connectivity index (χ2v) is 4.82. The lowest BCUT2D eigenvalue weighted by molar-refractivity contribution is 0.340. The van der Waals surface area contributed by atoms with E-state index in [2.05, 4.69) is 4.98 Å². The number of thiocarbonyl (C=S) groups is 1. The van der Waals surface area contributed by atoms with E-state index in [0.717, 1.165) is 21.2 Å². The zero-order valence-corrected chi connectivity index (χ0v) is 11.0. The molecule has 0 saturated heterocycles. The van der Waals surface area contributed by atoms with Crippen molar-refractivity contribution in [1.82, 2.24) is 4.98 Å². The predicted octanol–water partition coefficient (Wildman–Crippen LogP) is 2.84. The molecule has 0 saturated carbocycles. The average Bonchev–Trinajstić information content (AvgIpc) is 2.80. The van der Waals surface area contributed by atoms with Crippen LogP contribution in [0.5, 0.6) is 5.75 Å². The summed E-state index contributed by atoms with van der Waals surface area (Å²) in [7, 11) is 0. The number of hydrogen-bond acceptors (Lipinski definition) is 4. The molecule has 1 aromatic heterocycles. The van der Waals surface area contributed by atoms with Gasteiger partial charge in [0.05, 0.1) is 11.5 Å². The molecule has 1 heterocycles. The highest BCUT2D eigenvalue weighted by Gasteiger charge is 2.06. The van der Waals surface area contributed by atoms with E-state index in [1.165, 1.54) is 11.3 Å². The first kappa shape index (κ1) is 12.0. The third-order valence-electron chi connectivity index (χ3n) is 2.16. The summed E-state index contributed by atoms with van der Waals surface area (Å²) in [5, 5.41) is 0.913. The van der Waals surface area contributed by atoms with Crippen LogP contribution in [0.15, 0.2) is 30.5 Å². The third kappa shape index (κ3) is 2.81. The lowest BCUT2D eigenvalue weighted by Gasteiger charge is -2.02. The second kappa shape index (κ2) is 5.25. The van der Waals surface area contributed by atoms with Crippen molar-refractivity contribution in [2.75, 3.05) is 6.61 Å². The van der Waals surface area contributed by atoms with Gasteiger partial charge in [-0.05, 0) is 31.2 Å². The molecule has 3 nitrogen and oxygen atoms in total. The van der Waals surface area contributed by atoms with Gasteiger partial charge in [-0.3, -0.25) is 0 Å². The van der Waals surface area contributed by atoms with Crippen LogP contribution in [-0.4, -0.2) is 16.6 Å². The van der Waals surface area contributed by atoms with E-state index in [-0.39, 0.29) is 0 Å². The summed E-state index contributed by atoms with van der Waals surface area (Å²) in [6.07, 6.45) is 1.71. The minimum Gasteiger partial charge on any atom is -0.494 e. The van der Waals surface area contributed by atoms with E-state index in [4.69, 9.17) is 22.7 Å². The maximum absolute atomic E-state index is 5.55. The molecule has 2 N–H and O–H groups in total. The van der Waals surface area contributed by atoms with Crippen molar-refractivity contribution >= 4 is 28.5 Å². The van der Waals surface area contributed by atoms with E-state index in [1.54, 1.807) is 6.20 Å². The number of benzene rings is 1. The van der Waals surface area contributed by atoms with Gasteiger partial charge in [0.25, 0.3) is 0 Å². The molecule has 0 radical (unpaired) electrons. The average molecular weight is 264 g/mol. The first-order valence-electron chi connectivity index (χ1n) is 5.19. The van der Waals surface area contributed by atoms with Crippen molar-refractivity contribution in [3.8, 4) is 16.3 Å². The first-order valence-corrected chi connectivity index (χ1v) is 6.42. The van der Waals surface area contributed by atoms with Gasteiger partial charge in [0.1, 0.15) is 15.7 Å². The molecule has 5 heteroatoms. The van der Waals surface area contributed by atoms with Crippen LogP contribution in [0.4, 0.5) is 0 Å². The van der Waals surface area contributed by atoms with Gasteiger partial charge < -0.3 is 10.5 Å². The summed E-state index contributed by atoms with van der Waals surface area (Å²) in [5.74, 6) is 0.863. The Morgan fingerprint density at radius 2 is 2.12 bits per heavy atom. The standard InChI is InChI=1S/C12H12N2OS2/c1-2-15-9-5-3-8(4-6-9)12-14-7-10(17-12)11(13)16/h3-7H,2H2,1H3,(H2,13,16). The maximum atomic E-state index is 5.55. The lowest BCUT2D eigenvalue weighted by atomic mass is 10.2. The molecule has 0 atom stereocenters. The van der Waals surface area contributed by atoms with E-state index in [1.807, 2.05) is 31.2 Å². The van der Waals surface area contributed by atoms with Gasteiger partial charge in [-0.25, -0.2) is 4.98 Å². The summed E-state index contributed by atoms with van der Waals surface area (Å²) in [4.78, 5) is 5.52. The van der Waals surface area contributed by atoms with Crippen LogP contribution >= 0.6 is 23.6 Å². The highest BCUT2D eigenvalue weighted by Crippen LogP contribution is 2.26. The number of nitrogens with zero attached hydrogens (tertiary/aromatic N) is 1. The van der Waals surface area contributed by atoms with Gasteiger partial charge >= 0.3 is 0 Å². The zero-order chi connectivity index (χ0) is 12.3. The zero-order valence-electron chi connectivity index (χ0n) is 9.34. The van der Waals surface area contributed by atoms with E-state index in [9.17, 15) is 0 Å². The Labute approximate surface area is 109 Å². The Hall–Kier alpha value is -1.46. The minimum absolute atomic E-state index is 0.389. The molecule has 0 aliphatic heterocycles. The minimum atomic E-state index is 0.389. The first-order chi connectivity index (χ1) is 8.20. The molecule has 0 fully saturated rings. The van der Waals surface area contributed by atoms with Crippen molar-refractivity contribution in [3.63, 3.8) is 0 Å². The Kier molecular flexibility index (Phi) is 3.71. The van der Waals surface area contributed by atoms with Crippen LogP contribution in [0.2, 0.25) is 0 Å². The third-order valence-corrected chi connectivity index (χ3v) is 3.59. The van der Waals surface area contributed by atoms with Crippen molar-refractivity contribution < 1.29 is 4.74 Å². The van der Waals surface area contributed by atoms with Crippen LogP contribution < -0.4 is 10.5 Å². The smallest absolute Gasteiger partial charge is 0.123 e. The molecule has 88 valence electrons. The predicted molar refractivity (Wildman–Crippen MR) is 74.6 cm³/mol. The van der Waals surface area contributed by atoms with Crippen LogP contribution in [0.3, 0.4) is 0 Å². The van der Waals surface area contributed by atoms with Gasteiger partial charge in [0.15, 0.2) is 0 Å². The normalized spacial score (nSPS) is 10.2. The Morgan fingerprint density at radius 1 is 1.41 bits per heavy atom. The van der Waals surface area contributed by atoms with Crippen molar-refractivity contribution in [2.45, 2.75) is 6.92 Å². The summed E-state index contributed by atoms with van der Waals surface area (Å²) < 4.78 is 5.38. The van der Waals surface area contributed by atoms with Crippen molar-refractivity contribution in [3.05, 3.63) is 35.3 Å². The fourth-order valence-electron chi connectivity index (χ4n) is 1.38. The quantitative estimate of drug-likeness (QED) is 0.863. The largest absolute Gasteiger partial charge is 0.494 e. The molecule has 0 aliphatic carbocycles. The Bertz CT molecular complexity index is 520. The molecule has 2 aromatic rings. The van der Waals surface area contributed by atoms with Gasteiger partial charge in [-0.15, -0.1) is 11.3 Å². The molecule has 0 amide bonds. The maximum Gasteiger partial charge on any atom is 0.123 e. The Morgan fingerprint density at radius 3 is 2.65 bits per heavy atom. The number of aromatic nitrogens is 1. The van der Waals surface area contributed by atoms with Crippen LogP contribution in [0, 0.1) is 0 Å². The molecular weight excluding hydrogens is 252 g/mol. The number of rotatable bonds is 4. The summed E-state index contributed by atoms with van der Waals surface area (Å²) >= 11 is 6.40. The number of ether oxygens (including phenoxy) is 1. The van der Waals surface area contributed by atoms with Crippen molar-refractivity contribution in [2.24, 2.45) is 5.73 Å². The van der Waals surface area contributed by atoms with E-state index < -0.39 is 0 Å². The molecule has 0 unspecified atom stereocenters. The highest BCUT2D eigenvalue weighted by molar-refractivity contribution is 7.81.